The van der Waals surface area contributed by atoms with Crippen LogP contribution in [0.5, 0.6) is 0 Å². The monoisotopic (exact) mass is 258 g/mol. The Morgan fingerprint density at radius 1 is 1.17 bits per heavy atom. The van der Waals surface area contributed by atoms with Crippen LogP contribution in [0.4, 0.5) is 0 Å². The summed E-state index contributed by atoms with van der Waals surface area (Å²) in [5, 5.41) is 2.83. The second-order valence-electron chi connectivity index (χ2n) is 4.37. The maximum Gasteiger partial charge on any atom is 0.332 e. The lowest BCUT2D eigenvalue weighted by atomic mass is 10.0. The van der Waals surface area contributed by atoms with Crippen LogP contribution >= 0.6 is 0 Å². The molecule has 0 saturated carbocycles. The molecule has 106 valence electrons. The molecule has 0 fully saturated rings. The standard InChI is InChI=1S/C13H26N2O3/c1-4-7-9-10(8-5-2)15-12(16)11(14)13(17)18-6-3/h10-11H,4-9,14H2,1-3H3,(H,15,16). The molecule has 18 heavy (non-hydrogen) atoms. The fourth-order valence-electron chi connectivity index (χ4n) is 1.72. The molecule has 5 nitrogen and oxygen atoms in total. The summed E-state index contributed by atoms with van der Waals surface area (Å²) in [7, 11) is 0. The van der Waals surface area contributed by atoms with Crippen molar-refractivity contribution in [1.82, 2.24) is 5.32 Å². The van der Waals surface area contributed by atoms with Gasteiger partial charge in [-0.3, -0.25) is 4.79 Å². The Kier molecular flexibility index (Phi) is 9.28. The van der Waals surface area contributed by atoms with Crippen LogP contribution in [-0.4, -0.2) is 30.6 Å². The number of carbonyl (C=O) groups is 2. The number of hydrogen-bond donors (Lipinski definition) is 2. The molecule has 2 unspecified atom stereocenters. The quantitative estimate of drug-likeness (QED) is 0.483. The molecule has 0 aliphatic carbocycles. The van der Waals surface area contributed by atoms with Gasteiger partial charge in [-0.05, 0) is 19.8 Å². The Morgan fingerprint density at radius 2 is 1.83 bits per heavy atom. The normalized spacial score (nSPS) is 13.8. The summed E-state index contributed by atoms with van der Waals surface area (Å²) in [6.07, 6.45) is 4.95. The number of esters is 1. The van der Waals surface area contributed by atoms with E-state index in [4.69, 9.17) is 10.5 Å². The molecule has 0 bridgehead atoms. The van der Waals surface area contributed by atoms with Gasteiger partial charge in [0.05, 0.1) is 6.61 Å². The molecule has 0 aliphatic rings. The van der Waals surface area contributed by atoms with Gasteiger partial charge in [-0.1, -0.05) is 33.1 Å². The van der Waals surface area contributed by atoms with Crippen LogP contribution in [0.1, 0.15) is 52.9 Å². The molecule has 0 aromatic rings. The van der Waals surface area contributed by atoms with Crippen LogP contribution in [0.25, 0.3) is 0 Å². The molecular weight excluding hydrogens is 232 g/mol. The fraction of sp³-hybridized carbons (Fsp3) is 0.846. The second-order valence-corrected chi connectivity index (χ2v) is 4.37. The van der Waals surface area contributed by atoms with Crippen molar-refractivity contribution >= 4 is 11.9 Å². The van der Waals surface area contributed by atoms with E-state index in [-0.39, 0.29) is 12.6 Å². The Bertz CT molecular complexity index is 257. The highest BCUT2D eigenvalue weighted by Gasteiger charge is 2.25. The summed E-state index contributed by atoms with van der Waals surface area (Å²) in [4.78, 5) is 23.1. The molecule has 0 saturated heterocycles. The smallest absolute Gasteiger partial charge is 0.332 e. The molecule has 5 heteroatoms. The number of nitrogens with one attached hydrogen (secondary N) is 1. The number of amides is 1. The Hall–Kier alpha value is -1.10. The first kappa shape index (κ1) is 16.9. The van der Waals surface area contributed by atoms with E-state index >= 15 is 0 Å². The van der Waals surface area contributed by atoms with Crippen molar-refractivity contribution in [2.24, 2.45) is 5.73 Å². The minimum Gasteiger partial charge on any atom is -0.464 e. The van der Waals surface area contributed by atoms with E-state index in [1.54, 1.807) is 6.92 Å². The third-order valence-corrected chi connectivity index (χ3v) is 2.71. The topological polar surface area (TPSA) is 81.4 Å². The van der Waals surface area contributed by atoms with Gasteiger partial charge in [0.1, 0.15) is 0 Å². The van der Waals surface area contributed by atoms with Crippen molar-refractivity contribution in [2.75, 3.05) is 6.61 Å². The summed E-state index contributed by atoms with van der Waals surface area (Å²) in [6, 6.07) is -1.12. The Morgan fingerprint density at radius 3 is 2.33 bits per heavy atom. The number of ether oxygens (including phenoxy) is 1. The summed E-state index contributed by atoms with van der Waals surface area (Å²) >= 11 is 0. The van der Waals surface area contributed by atoms with Gasteiger partial charge in [-0.25, -0.2) is 4.79 Å². The van der Waals surface area contributed by atoms with Crippen molar-refractivity contribution in [2.45, 2.75) is 65.0 Å². The largest absolute Gasteiger partial charge is 0.464 e. The van der Waals surface area contributed by atoms with E-state index in [2.05, 4.69) is 19.2 Å². The van der Waals surface area contributed by atoms with Crippen molar-refractivity contribution in [3.8, 4) is 0 Å². The van der Waals surface area contributed by atoms with Crippen molar-refractivity contribution in [3.05, 3.63) is 0 Å². The number of rotatable bonds is 9. The summed E-state index contributed by atoms with van der Waals surface area (Å²) in [5.74, 6) is -1.11. The lowest BCUT2D eigenvalue weighted by molar-refractivity contribution is -0.148. The lowest BCUT2D eigenvalue weighted by Crippen LogP contribution is -2.50. The third kappa shape index (κ3) is 6.59. The van der Waals surface area contributed by atoms with Gasteiger partial charge >= 0.3 is 5.97 Å². The van der Waals surface area contributed by atoms with Crippen LogP contribution in [-0.2, 0) is 14.3 Å². The zero-order valence-electron chi connectivity index (χ0n) is 11.7. The first-order chi connectivity index (χ1) is 8.56. The molecule has 0 aromatic heterocycles. The number of nitrogens with two attached hydrogens (primary N) is 1. The molecule has 2 atom stereocenters. The van der Waals surface area contributed by atoms with Crippen molar-refractivity contribution in [3.63, 3.8) is 0 Å². The number of unbranched alkanes of at least 4 members (excludes halogenated alkanes) is 1. The first-order valence-corrected chi connectivity index (χ1v) is 6.79. The van der Waals surface area contributed by atoms with Gasteiger partial charge in [-0.2, -0.15) is 0 Å². The van der Waals surface area contributed by atoms with E-state index in [1.807, 2.05) is 0 Å². The molecule has 3 N–H and O–H groups in total. The summed E-state index contributed by atoms with van der Waals surface area (Å²) in [6.45, 7) is 6.09. The SMILES string of the molecule is CCCCC(CCC)NC(=O)C(N)C(=O)OCC. The minimum atomic E-state index is -1.22. The second kappa shape index (κ2) is 9.88. The van der Waals surface area contributed by atoms with Crippen LogP contribution in [0.3, 0.4) is 0 Å². The van der Waals surface area contributed by atoms with E-state index in [0.717, 1.165) is 32.1 Å². The van der Waals surface area contributed by atoms with E-state index in [0.29, 0.717) is 0 Å². The predicted molar refractivity (Wildman–Crippen MR) is 71.0 cm³/mol. The molecule has 0 rings (SSSR count). The van der Waals surface area contributed by atoms with Gasteiger partial charge in [0.15, 0.2) is 6.04 Å². The van der Waals surface area contributed by atoms with Gasteiger partial charge < -0.3 is 15.8 Å². The van der Waals surface area contributed by atoms with Crippen LogP contribution < -0.4 is 11.1 Å². The molecule has 0 spiro atoms. The lowest BCUT2D eigenvalue weighted by Gasteiger charge is -2.19. The minimum absolute atomic E-state index is 0.0999. The zero-order chi connectivity index (χ0) is 14.0. The average Bonchev–Trinajstić information content (AvgIpc) is 2.35. The highest BCUT2D eigenvalue weighted by atomic mass is 16.5. The third-order valence-electron chi connectivity index (χ3n) is 2.71. The fourth-order valence-corrected chi connectivity index (χ4v) is 1.72. The molecule has 0 radical (unpaired) electrons. The van der Waals surface area contributed by atoms with Gasteiger partial charge in [-0.15, -0.1) is 0 Å². The summed E-state index contributed by atoms with van der Waals surface area (Å²) < 4.78 is 4.72. The maximum atomic E-state index is 11.8. The van der Waals surface area contributed by atoms with Crippen LogP contribution in [0.15, 0.2) is 0 Å². The zero-order valence-corrected chi connectivity index (χ0v) is 11.7. The Balaban J connectivity index is 4.25. The van der Waals surface area contributed by atoms with E-state index in [9.17, 15) is 9.59 Å². The average molecular weight is 258 g/mol. The summed E-state index contributed by atoms with van der Waals surface area (Å²) in [5.41, 5.74) is 5.53. The highest BCUT2D eigenvalue weighted by Crippen LogP contribution is 2.07. The molecule has 0 aliphatic heterocycles. The maximum absolute atomic E-state index is 11.8. The Labute approximate surface area is 109 Å². The molecule has 0 aromatic carbocycles. The van der Waals surface area contributed by atoms with Gasteiger partial charge in [0, 0.05) is 6.04 Å². The van der Waals surface area contributed by atoms with E-state index < -0.39 is 17.9 Å². The molecular formula is C13H26N2O3. The van der Waals surface area contributed by atoms with Crippen LogP contribution in [0.2, 0.25) is 0 Å². The van der Waals surface area contributed by atoms with Crippen molar-refractivity contribution in [1.29, 1.82) is 0 Å². The number of hydrogen-bond acceptors (Lipinski definition) is 4. The first-order valence-electron chi connectivity index (χ1n) is 6.79. The molecule has 0 heterocycles. The highest BCUT2D eigenvalue weighted by molar-refractivity contribution is 6.01. The van der Waals surface area contributed by atoms with Gasteiger partial charge in [0.25, 0.3) is 0 Å². The molecule has 1 amide bonds. The number of carbonyl (C=O) groups excluding carboxylic acids is 2. The van der Waals surface area contributed by atoms with Crippen molar-refractivity contribution < 1.29 is 14.3 Å². The van der Waals surface area contributed by atoms with E-state index in [1.165, 1.54) is 0 Å². The predicted octanol–water partition coefficient (Wildman–Crippen LogP) is 1.35. The van der Waals surface area contributed by atoms with Gasteiger partial charge in [0.2, 0.25) is 5.91 Å². The van der Waals surface area contributed by atoms with Crippen LogP contribution in [0, 0.1) is 0 Å².